The van der Waals surface area contributed by atoms with Gasteiger partial charge in [0, 0.05) is 6.61 Å². The monoisotopic (exact) mass is 388 g/mol. The number of hydrogen-bond acceptors (Lipinski definition) is 1. The van der Waals surface area contributed by atoms with Crippen LogP contribution < -0.4 is 48.0 Å². The fourth-order valence-corrected chi connectivity index (χ4v) is 0. The third kappa shape index (κ3) is 28.6. The van der Waals surface area contributed by atoms with E-state index in [2.05, 4.69) is 0 Å². The van der Waals surface area contributed by atoms with Gasteiger partial charge >= 0.3 is 45.5 Å². The van der Waals surface area contributed by atoms with Crippen LogP contribution in [0.25, 0.3) is 0 Å². The summed E-state index contributed by atoms with van der Waals surface area (Å²) < 4.78 is 0. The average molecular weight is 387 g/mol. The molecule has 36 valence electrons. The van der Waals surface area contributed by atoms with Crippen molar-refractivity contribution in [2.24, 2.45) is 0 Å². The Morgan fingerprint density at radius 3 is 1.33 bits per heavy atom. The largest absolute Gasteiger partial charge is 2.00 e. The van der Waals surface area contributed by atoms with E-state index in [1.165, 1.54) is 0 Å². The van der Waals surface area contributed by atoms with Gasteiger partial charge in [0.05, 0.1) is 0 Å². The fraction of sp³-hybridized carbons (Fsp3) is 1.00. The van der Waals surface area contributed by atoms with E-state index in [0.717, 1.165) is 0 Å². The molecule has 0 aromatic heterocycles. The molecule has 0 aliphatic carbocycles. The third-order valence-corrected chi connectivity index (χ3v) is 0. The summed E-state index contributed by atoms with van der Waals surface area (Å²) in [6, 6.07) is 0. The fourth-order valence-electron chi connectivity index (χ4n) is 0. The van der Waals surface area contributed by atoms with Crippen molar-refractivity contribution in [3.8, 4) is 0 Å². The minimum Gasteiger partial charge on any atom is -1.00 e. The molecule has 1 N–H and O–H groups in total. The maximum absolute atomic E-state index is 7.57. The van der Waals surface area contributed by atoms with Gasteiger partial charge in [0.25, 0.3) is 0 Å². The topological polar surface area (TPSA) is 20.2 Å². The zero-order valence-electron chi connectivity index (χ0n) is 3.62. The number of hydrogen-bond donors (Lipinski definition) is 1. The first-order valence-corrected chi connectivity index (χ1v) is 1.02. The predicted molar refractivity (Wildman–Crippen MR) is 18.5 cm³/mol. The molecule has 0 radical (unpaired) electrons. The van der Waals surface area contributed by atoms with Crippen molar-refractivity contribution in [1.82, 2.24) is 0 Å². The minimum absolute atomic E-state index is 0. The van der Waals surface area contributed by atoms with Gasteiger partial charge in [-0.2, -0.15) is 0 Å². The van der Waals surface area contributed by atoms with Crippen molar-refractivity contribution in [2.75, 3.05) is 6.61 Å². The molecule has 0 heterocycles. The molecule has 0 aromatic rings. The van der Waals surface area contributed by atoms with Crippen molar-refractivity contribution in [3.63, 3.8) is 0 Å². The first-order chi connectivity index (χ1) is 1.41. The molecule has 0 fully saturated rings. The first kappa shape index (κ1) is 23.1. The summed E-state index contributed by atoms with van der Waals surface area (Å²) in [5, 5.41) is 7.57. The van der Waals surface area contributed by atoms with Gasteiger partial charge in [-0.25, -0.2) is 0 Å². The number of aliphatic hydroxyl groups is 1. The van der Waals surface area contributed by atoms with Crippen LogP contribution in [0.1, 0.15) is 6.92 Å². The van der Waals surface area contributed by atoms with Gasteiger partial charge in [-0.05, 0) is 6.92 Å². The maximum atomic E-state index is 7.57. The molecule has 0 spiro atoms. The number of aliphatic hydroxyl groups excluding tert-OH is 1. The number of halogens is 2. The van der Waals surface area contributed by atoms with Crippen molar-refractivity contribution in [1.29, 1.82) is 0 Å². The molecule has 0 saturated heterocycles. The van der Waals surface area contributed by atoms with Gasteiger partial charge < -0.3 is 53.1 Å². The zero-order valence-corrected chi connectivity index (χ0v) is 11.4. The summed E-state index contributed by atoms with van der Waals surface area (Å²) in [4.78, 5) is 0. The van der Waals surface area contributed by atoms with Crippen LogP contribution in [0.2, 0.25) is 0 Å². The van der Waals surface area contributed by atoms with E-state index in [0.29, 0.717) is 0 Å². The standard InChI is InChI=1S/C2H6O.2HI.Sr/c1-2-3;;;/h3H,2H2,1H3;2*1H;/q;;;+2/p-2. The Morgan fingerprint density at radius 1 is 1.33 bits per heavy atom. The predicted octanol–water partition coefficient (Wildman–Crippen LogP) is -6.37. The first-order valence-electron chi connectivity index (χ1n) is 1.02. The van der Waals surface area contributed by atoms with Crippen LogP contribution in [0.15, 0.2) is 0 Å². The molecule has 6 heavy (non-hydrogen) atoms. The van der Waals surface area contributed by atoms with Gasteiger partial charge in [-0.3, -0.25) is 0 Å². The Morgan fingerprint density at radius 2 is 1.33 bits per heavy atom. The Labute approximate surface area is 110 Å². The molecule has 0 saturated carbocycles. The van der Waals surface area contributed by atoms with E-state index in [-0.39, 0.29) is 100 Å². The molecule has 0 aromatic carbocycles. The SMILES string of the molecule is CCO.[I-].[I-].[Sr+2]. The van der Waals surface area contributed by atoms with E-state index in [1.54, 1.807) is 6.92 Å². The van der Waals surface area contributed by atoms with Gasteiger partial charge in [0.1, 0.15) is 0 Å². The summed E-state index contributed by atoms with van der Waals surface area (Å²) in [5.74, 6) is 0. The van der Waals surface area contributed by atoms with Crippen LogP contribution in [0.3, 0.4) is 0 Å². The molecule has 0 unspecified atom stereocenters. The smallest absolute Gasteiger partial charge is 1.00 e. The van der Waals surface area contributed by atoms with Crippen molar-refractivity contribution in [3.05, 3.63) is 0 Å². The molecule has 0 rings (SSSR count). The van der Waals surface area contributed by atoms with Crippen LogP contribution in [-0.2, 0) is 0 Å². The van der Waals surface area contributed by atoms with E-state index in [9.17, 15) is 0 Å². The summed E-state index contributed by atoms with van der Waals surface area (Å²) >= 11 is 0. The van der Waals surface area contributed by atoms with Gasteiger partial charge in [0.15, 0.2) is 0 Å². The van der Waals surface area contributed by atoms with Crippen LogP contribution in [0.5, 0.6) is 0 Å². The Kier molecular flexibility index (Phi) is 95.3. The van der Waals surface area contributed by atoms with E-state index in [1.807, 2.05) is 0 Å². The molecular weight excluding hydrogens is 381 g/mol. The summed E-state index contributed by atoms with van der Waals surface area (Å²) in [6.45, 7) is 1.93. The van der Waals surface area contributed by atoms with E-state index in [4.69, 9.17) is 5.11 Å². The Balaban J connectivity index is -0.00000000667. The van der Waals surface area contributed by atoms with Gasteiger partial charge in [-0.15, -0.1) is 0 Å². The van der Waals surface area contributed by atoms with Gasteiger partial charge in [-0.1, -0.05) is 0 Å². The summed E-state index contributed by atoms with van der Waals surface area (Å²) in [6.07, 6.45) is 0. The molecular formula is C2H6I2OSr. The normalized spacial score (nSPS) is 3.00. The van der Waals surface area contributed by atoms with Crippen molar-refractivity contribution in [2.45, 2.75) is 6.92 Å². The second-order valence-electron chi connectivity index (χ2n) is 0.316. The minimum atomic E-state index is 0. The van der Waals surface area contributed by atoms with Crippen molar-refractivity contribution < 1.29 is 53.1 Å². The Hall–Kier alpha value is 2.90. The second kappa shape index (κ2) is 24.7. The van der Waals surface area contributed by atoms with E-state index >= 15 is 0 Å². The van der Waals surface area contributed by atoms with Crippen LogP contribution in [-0.4, -0.2) is 57.2 Å². The average Bonchev–Trinajstić information content (AvgIpc) is 0.918. The molecule has 0 atom stereocenters. The molecule has 0 aliphatic rings. The van der Waals surface area contributed by atoms with Crippen LogP contribution in [0.4, 0.5) is 0 Å². The van der Waals surface area contributed by atoms with Crippen molar-refractivity contribution >= 4 is 45.5 Å². The Bertz CT molecular complexity index is 11.5. The quantitative estimate of drug-likeness (QED) is 0.324. The molecule has 4 heteroatoms. The third-order valence-electron chi connectivity index (χ3n) is 0. The molecule has 0 bridgehead atoms. The molecule has 0 amide bonds. The second-order valence-corrected chi connectivity index (χ2v) is 0.316. The molecule has 0 aliphatic heterocycles. The number of rotatable bonds is 0. The van der Waals surface area contributed by atoms with Gasteiger partial charge in [0.2, 0.25) is 0 Å². The van der Waals surface area contributed by atoms with Crippen LogP contribution >= 0.6 is 0 Å². The molecule has 1 nitrogen and oxygen atoms in total. The zero-order chi connectivity index (χ0) is 2.71. The summed E-state index contributed by atoms with van der Waals surface area (Å²) in [7, 11) is 0. The van der Waals surface area contributed by atoms with E-state index < -0.39 is 0 Å². The summed E-state index contributed by atoms with van der Waals surface area (Å²) in [5.41, 5.74) is 0. The maximum Gasteiger partial charge on any atom is 2.00 e. The van der Waals surface area contributed by atoms with Crippen LogP contribution in [0, 0.1) is 0 Å².